The van der Waals surface area contributed by atoms with E-state index >= 15 is 0 Å². The predicted octanol–water partition coefficient (Wildman–Crippen LogP) is 3.57. The van der Waals surface area contributed by atoms with Crippen LogP contribution in [0.4, 0.5) is 0 Å². The van der Waals surface area contributed by atoms with E-state index in [1.54, 1.807) is 0 Å². The summed E-state index contributed by atoms with van der Waals surface area (Å²) in [5.74, 6) is 3.96. The Morgan fingerprint density at radius 3 is 0.917 bits per heavy atom. The van der Waals surface area contributed by atoms with E-state index < -0.39 is 0 Å². The summed E-state index contributed by atoms with van der Waals surface area (Å²) in [5.41, 5.74) is 1.29. The second-order valence-corrected chi connectivity index (χ2v) is 6.27. The van der Waals surface area contributed by atoms with Crippen molar-refractivity contribution >= 4 is 0 Å². The maximum Gasteiger partial charge on any atom is -0.0292 e. The molecule has 70 valence electrons. The zero-order chi connectivity index (χ0) is 9.31. The van der Waals surface area contributed by atoms with Gasteiger partial charge in [0, 0.05) is 0 Å². The van der Waals surface area contributed by atoms with Crippen LogP contribution in [0.25, 0.3) is 0 Å². The van der Waals surface area contributed by atoms with Gasteiger partial charge in [0.2, 0.25) is 0 Å². The smallest absolute Gasteiger partial charge is 0.0292 e. The van der Waals surface area contributed by atoms with E-state index in [4.69, 9.17) is 0 Å². The van der Waals surface area contributed by atoms with E-state index in [-0.39, 0.29) is 0 Å². The molecule has 0 radical (unpaired) electrons. The maximum absolute atomic E-state index is 2.43. The normalized spacial score (nSPS) is 53.5. The molecule has 12 heavy (non-hydrogen) atoms. The van der Waals surface area contributed by atoms with Gasteiger partial charge in [0.15, 0.2) is 0 Å². The summed E-state index contributed by atoms with van der Waals surface area (Å²) in [6.45, 7) is 14.6. The first-order valence-electron chi connectivity index (χ1n) is 5.31. The van der Waals surface area contributed by atoms with Crippen molar-refractivity contribution in [2.24, 2.45) is 34.5 Å². The highest BCUT2D eigenvalue weighted by atomic mass is 14.7. The highest BCUT2D eigenvalue weighted by Gasteiger charge is 2.69. The zero-order valence-electron chi connectivity index (χ0n) is 9.31. The van der Waals surface area contributed by atoms with Gasteiger partial charge in [-0.05, 0) is 34.5 Å². The van der Waals surface area contributed by atoms with Gasteiger partial charge >= 0.3 is 0 Å². The van der Waals surface area contributed by atoms with Crippen molar-refractivity contribution in [1.29, 1.82) is 0 Å². The Balaban J connectivity index is 2.08. The molecule has 0 heterocycles. The summed E-state index contributed by atoms with van der Waals surface area (Å²) in [6.07, 6.45) is 0. The average molecular weight is 166 g/mol. The monoisotopic (exact) mass is 166 g/mol. The second-order valence-electron chi connectivity index (χ2n) is 6.27. The zero-order valence-corrected chi connectivity index (χ0v) is 9.31. The average Bonchev–Trinajstić information content (AvgIpc) is 2.55. The molecular formula is C12H22. The first kappa shape index (κ1) is 8.59. The molecule has 0 amide bonds. The topological polar surface area (TPSA) is 0 Å². The summed E-state index contributed by atoms with van der Waals surface area (Å²) >= 11 is 0. The molecule has 0 aromatic carbocycles. The van der Waals surface area contributed by atoms with Gasteiger partial charge in [0.05, 0.1) is 0 Å². The fraction of sp³-hybridized carbons (Fsp3) is 1.00. The Kier molecular flexibility index (Phi) is 1.37. The predicted molar refractivity (Wildman–Crippen MR) is 52.9 cm³/mol. The van der Waals surface area contributed by atoms with Crippen LogP contribution in [0, 0.1) is 34.5 Å². The number of hydrogen-bond donors (Lipinski definition) is 0. The van der Waals surface area contributed by atoms with Crippen LogP contribution in [-0.2, 0) is 0 Å². The lowest BCUT2D eigenvalue weighted by Gasteiger charge is -2.03. The van der Waals surface area contributed by atoms with Crippen LogP contribution in [0.5, 0.6) is 0 Å². The van der Waals surface area contributed by atoms with Gasteiger partial charge in [0.25, 0.3) is 0 Å². The first-order valence-corrected chi connectivity index (χ1v) is 5.31. The third-order valence-corrected chi connectivity index (χ3v) is 5.31. The van der Waals surface area contributed by atoms with Crippen LogP contribution in [0.2, 0.25) is 0 Å². The van der Waals surface area contributed by atoms with Crippen molar-refractivity contribution in [3.05, 3.63) is 0 Å². The van der Waals surface area contributed by atoms with Gasteiger partial charge in [-0.15, -0.1) is 0 Å². The minimum absolute atomic E-state index is 0.646. The molecule has 0 saturated heterocycles. The van der Waals surface area contributed by atoms with Crippen LogP contribution >= 0.6 is 0 Å². The summed E-state index contributed by atoms with van der Waals surface area (Å²) in [6, 6.07) is 0. The Bertz CT molecular complexity index is 188. The Morgan fingerprint density at radius 1 is 0.667 bits per heavy atom. The van der Waals surface area contributed by atoms with Gasteiger partial charge in [0.1, 0.15) is 0 Å². The molecule has 0 aliphatic heterocycles. The minimum Gasteiger partial charge on any atom is -0.0617 e. The lowest BCUT2D eigenvalue weighted by Crippen LogP contribution is -1.97. The van der Waals surface area contributed by atoms with Gasteiger partial charge in [-0.25, -0.2) is 0 Å². The van der Waals surface area contributed by atoms with Gasteiger partial charge in [-0.1, -0.05) is 41.5 Å². The molecule has 0 aromatic heterocycles. The molecule has 0 spiro atoms. The van der Waals surface area contributed by atoms with E-state index in [1.165, 1.54) is 0 Å². The van der Waals surface area contributed by atoms with E-state index in [1.807, 2.05) is 0 Å². The van der Waals surface area contributed by atoms with Crippen LogP contribution in [-0.4, -0.2) is 0 Å². The van der Waals surface area contributed by atoms with Crippen molar-refractivity contribution in [3.8, 4) is 0 Å². The van der Waals surface area contributed by atoms with E-state index in [0.717, 1.165) is 23.7 Å². The van der Waals surface area contributed by atoms with Crippen LogP contribution in [0.3, 0.4) is 0 Å². The van der Waals surface area contributed by atoms with E-state index in [0.29, 0.717) is 10.8 Å². The Morgan fingerprint density at radius 2 is 0.833 bits per heavy atom. The summed E-state index contributed by atoms with van der Waals surface area (Å²) in [4.78, 5) is 0. The molecular weight excluding hydrogens is 144 g/mol. The highest BCUT2D eigenvalue weighted by Crippen LogP contribution is 2.75. The number of rotatable bonds is 1. The fourth-order valence-corrected chi connectivity index (χ4v) is 3.43. The van der Waals surface area contributed by atoms with Crippen molar-refractivity contribution in [2.75, 3.05) is 0 Å². The molecule has 0 nitrogen and oxygen atoms in total. The first-order chi connectivity index (χ1) is 5.31. The van der Waals surface area contributed by atoms with E-state index in [2.05, 4.69) is 41.5 Å². The second kappa shape index (κ2) is 1.91. The molecule has 4 atom stereocenters. The third-order valence-electron chi connectivity index (χ3n) is 5.31. The molecule has 2 unspecified atom stereocenters. The molecule has 0 N–H and O–H groups in total. The van der Waals surface area contributed by atoms with Crippen molar-refractivity contribution in [1.82, 2.24) is 0 Å². The van der Waals surface area contributed by atoms with Gasteiger partial charge in [-0.2, -0.15) is 0 Å². The minimum atomic E-state index is 0.646. The number of hydrogen-bond acceptors (Lipinski definition) is 0. The van der Waals surface area contributed by atoms with Gasteiger partial charge < -0.3 is 0 Å². The molecule has 2 fully saturated rings. The maximum atomic E-state index is 2.43. The molecule has 0 heteroatoms. The standard InChI is InChI=1S/C12H22/c1-7-9(11(7,3)4)10-8(2)12(10,5)6/h7-10H,1-6H3/t7-,8?,9?,10+/m0/s1. The molecule has 0 bridgehead atoms. The van der Waals surface area contributed by atoms with Crippen molar-refractivity contribution in [2.45, 2.75) is 41.5 Å². The summed E-state index contributed by atoms with van der Waals surface area (Å²) in [7, 11) is 0. The largest absolute Gasteiger partial charge is 0.0617 e. The fourth-order valence-electron chi connectivity index (χ4n) is 3.43. The van der Waals surface area contributed by atoms with Crippen molar-refractivity contribution < 1.29 is 0 Å². The van der Waals surface area contributed by atoms with Crippen LogP contribution in [0.15, 0.2) is 0 Å². The molecule has 2 aliphatic rings. The molecule has 2 aliphatic carbocycles. The highest BCUT2D eigenvalue weighted by molar-refractivity contribution is 5.17. The lowest BCUT2D eigenvalue weighted by molar-refractivity contribution is 0.447. The molecule has 2 rings (SSSR count). The van der Waals surface area contributed by atoms with Crippen molar-refractivity contribution in [3.63, 3.8) is 0 Å². The summed E-state index contributed by atoms with van der Waals surface area (Å²) < 4.78 is 0. The lowest BCUT2D eigenvalue weighted by atomic mass is 10.0. The Labute approximate surface area is 76.7 Å². The quantitative estimate of drug-likeness (QED) is 0.558. The molecule has 0 aromatic rings. The Hall–Kier alpha value is 0. The van der Waals surface area contributed by atoms with Crippen LogP contribution < -0.4 is 0 Å². The van der Waals surface area contributed by atoms with E-state index in [9.17, 15) is 0 Å². The third kappa shape index (κ3) is 0.791. The summed E-state index contributed by atoms with van der Waals surface area (Å²) in [5, 5.41) is 0. The van der Waals surface area contributed by atoms with Crippen LogP contribution in [0.1, 0.15) is 41.5 Å². The SMILES string of the molecule is CC1[C@H](C2[C@H](C)C2(C)C)C1(C)C. The molecule has 2 saturated carbocycles. The van der Waals surface area contributed by atoms with Gasteiger partial charge in [-0.3, -0.25) is 0 Å².